The number of hydrogen-bond acceptors (Lipinski definition) is 6. The van der Waals surface area contributed by atoms with E-state index in [1.807, 2.05) is 12.1 Å². The number of nitrogens with zero attached hydrogens (tertiary/aromatic N) is 2. The highest BCUT2D eigenvalue weighted by atomic mass is 32.2. The van der Waals surface area contributed by atoms with Gasteiger partial charge in [0.15, 0.2) is 0 Å². The van der Waals surface area contributed by atoms with E-state index in [1.54, 1.807) is 6.92 Å². The van der Waals surface area contributed by atoms with Crippen LogP contribution in [0.5, 0.6) is 0 Å². The zero-order valence-electron chi connectivity index (χ0n) is 11.3. The number of rotatable bonds is 6. The van der Waals surface area contributed by atoms with Gasteiger partial charge in [-0.15, -0.1) is 0 Å². The second-order valence-corrected chi connectivity index (χ2v) is 5.80. The Morgan fingerprint density at radius 3 is 2.52 bits per heavy atom. The van der Waals surface area contributed by atoms with Crippen LogP contribution in [0.4, 0.5) is 5.69 Å². The smallest absolute Gasteiger partial charge is 0.306 e. The van der Waals surface area contributed by atoms with Crippen molar-refractivity contribution in [3.8, 4) is 12.1 Å². The van der Waals surface area contributed by atoms with Crippen molar-refractivity contribution in [2.45, 2.75) is 13.3 Å². The van der Waals surface area contributed by atoms with Gasteiger partial charge in [0, 0.05) is 5.69 Å². The Morgan fingerprint density at radius 1 is 1.29 bits per heavy atom. The molecule has 110 valence electrons. The van der Waals surface area contributed by atoms with Gasteiger partial charge in [-0.25, -0.2) is 8.42 Å². The third-order valence-electron chi connectivity index (χ3n) is 2.41. The molecule has 0 unspecified atom stereocenters. The number of anilines is 1. The van der Waals surface area contributed by atoms with Crippen LogP contribution in [-0.4, -0.2) is 26.7 Å². The molecule has 7 nitrogen and oxygen atoms in total. The molecule has 21 heavy (non-hydrogen) atoms. The first kappa shape index (κ1) is 16.5. The van der Waals surface area contributed by atoms with Crippen LogP contribution in [0.25, 0.3) is 0 Å². The van der Waals surface area contributed by atoms with E-state index >= 15 is 0 Å². The number of sulfonamides is 1. The molecule has 1 aromatic rings. The minimum absolute atomic E-state index is 0.0723. The van der Waals surface area contributed by atoms with E-state index in [-0.39, 0.29) is 29.8 Å². The molecular formula is C13H13N3O4S. The number of ether oxygens (including phenoxy) is 1. The fourth-order valence-corrected chi connectivity index (χ4v) is 2.50. The van der Waals surface area contributed by atoms with E-state index < -0.39 is 21.7 Å². The molecule has 0 fully saturated rings. The fraction of sp³-hybridized carbons (Fsp3) is 0.308. The Morgan fingerprint density at radius 2 is 1.95 bits per heavy atom. The summed E-state index contributed by atoms with van der Waals surface area (Å²) in [7, 11) is -3.74. The number of nitriles is 2. The van der Waals surface area contributed by atoms with Crippen LogP contribution in [0.2, 0.25) is 0 Å². The molecule has 1 aromatic carbocycles. The summed E-state index contributed by atoms with van der Waals surface area (Å²) < 4.78 is 30.5. The third-order valence-corrected chi connectivity index (χ3v) is 3.70. The Labute approximate surface area is 122 Å². The first-order valence-corrected chi connectivity index (χ1v) is 7.67. The monoisotopic (exact) mass is 307 g/mol. The Hall–Kier alpha value is -2.58. The predicted molar refractivity (Wildman–Crippen MR) is 74.5 cm³/mol. The van der Waals surface area contributed by atoms with Crippen molar-refractivity contribution >= 4 is 21.7 Å². The van der Waals surface area contributed by atoms with E-state index in [0.717, 1.165) is 0 Å². The van der Waals surface area contributed by atoms with E-state index in [4.69, 9.17) is 10.5 Å². The van der Waals surface area contributed by atoms with Gasteiger partial charge in [-0.3, -0.25) is 9.52 Å². The lowest BCUT2D eigenvalue weighted by Crippen LogP contribution is -2.20. The highest BCUT2D eigenvalue weighted by molar-refractivity contribution is 7.92. The summed E-state index contributed by atoms with van der Waals surface area (Å²) >= 11 is 0. The molecular weight excluding hydrogens is 294 g/mol. The van der Waals surface area contributed by atoms with Crippen LogP contribution >= 0.6 is 0 Å². The molecule has 0 bridgehead atoms. The summed E-state index contributed by atoms with van der Waals surface area (Å²) in [5.41, 5.74) is 0.393. The molecule has 0 aliphatic heterocycles. The van der Waals surface area contributed by atoms with Crippen molar-refractivity contribution in [3.05, 3.63) is 29.3 Å². The quantitative estimate of drug-likeness (QED) is 0.786. The maximum Gasteiger partial charge on any atom is 0.306 e. The van der Waals surface area contributed by atoms with Gasteiger partial charge in [-0.2, -0.15) is 10.5 Å². The molecule has 0 amide bonds. The van der Waals surface area contributed by atoms with Crippen LogP contribution in [0.3, 0.4) is 0 Å². The molecule has 0 spiro atoms. The Kier molecular flexibility index (Phi) is 5.70. The van der Waals surface area contributed by atoms with Gasteiger partial charge in [0.25, 0.3) is 0 Å². The summed E-state index contributed by atoms with van der Waals surface area (Å²) in [5.74, 6) is -1.02. The number of carbonyl (C=O) groups excluding carboxylic acids is 1. The topological polar surface area (TPSA) is 120 Å². The highest BCUT2D eigenvalue weighted by Crippen LogP contribution is 2.16. The van der Waals surface area contributed by atoms with Gasteiger partial charge in [0.1, 0.15) is 12.1 Å². The minimum atomic E-state index is -3.74. The minimum Gasteiger partial charge on any atom is -0.466 e. The SMILES string of the molecule is CCOC(=O)CCS(=O)(=O)Nc1ccc(C#N)c(C#N)c1. The van der Waals surface area contributed by atoms with Crippen LogP contribution < -0.4 is 4.72 Å². The lowest BCUT2D eigenvalue weighted by atomic mass is 10.1. The van der Waals surface area contributed by atoms with Crippen molar-refractivity contribution < 1.29 is 17.9 Å². The fourth-order valence-electron chi connectivity index (χ4n) is 1.48. The molecule has 0 atom stereocenters. The standard InChI is InChI=1S/C13H13N3O4S/c1-2-20-13(17)5-6-21(18,19)16-12-4-3-10(8-14)11(7-12)9-15/h3-4,7,16H,2,5-6H2,1H3. The summed E-state index contributed by atoms with van der Waals surface area (Å²) in [6.45, 7) is 1.82. The Balaban J connectivity index is 2.79. The summed E-state index contributed by atoms with van der Waals surface area (Å²) in [6.07, 6.45) is -0.259. The summed E-state index contributed by atoms with van der Waals surface area (Å²) in [6, 6.07) is 7.63. The molecule has 0 heterocycles. The third kappa shape index (κ3) is 5.13. The molecule has 8 heteroatoms. The molecule has 0 aliphatic carbocycles. The molecule has 0 radical (unpaired) electrons. The van der Waals surface area contributed by atoms with Crippen molar-refractivity contribution in [3.63, 3.8) is 0 Å². The van der Waals surface area contributed by atoms with Gasteiger partial charge in [0.2, 0.25) is 10.0 Å². The van der Waals surface area contributed by atoms with Crippen molar-refractivity contribution in [1.29, 1.82) is 10.5 Å². The number of nitrogens with one attached hydrogen (secondary N) is 1. The molecule has 0 aliphatic rings. The average molecular weight is 307 g/mol. The highest BCUT2D eigenvalue weighted by Gasteiger charge is 2.15. The largest absolute Gasteiger partial charge is 0.466 e. The number of esters is 1. The van der Waals surface area contributed by atoms with Crippen LogP contribution in [0.1, 0.15) is 24.5 Å². The van der Waals surface area contributed by atoms with E-state index in [0.29, 0.717) is 0 Å². The molecule has 0 saturated heterocycles. The van der Waals surface area contributed by atoms with Gasteiger partial charge >= 0.3 is 5.97 Å². The maximum atomic E-state index is 11.8. The molecule has 1 N–H and O–H groups in total. The molecule has 0 aromatic heterocycles. The van der Waals surface area contributed by atoms with Crippen molar-refractivity contribution in [1.82, 2.24) is 0 Å². The second kappa shape index (κ2) is 7.27. The van der Waals surface area contributed by atoms with Gasteiger partial charge < -0.3 is 4.74 Å². The number of carbonyl (C=O) groups is 1. The number of benzene rings is 1. The summed E-state index contributed by atoms with van der Waals surface area (Å²) in [5, 5.41) is 17.6. The average Bonchev–Trinajstić information content (AvgIpc) is 2.45. The normalized spacial score (nSPS) is 10.2. The van der Waals surface area contributed by atoms with Crippen molar-refractivity contribution in [2.24, 2.45) is 0 Å². The van der Waals surface area contributed by atoms with Crippen molar-refractivity contribution in [2.75, 3.05) is 17.1 Å². The first-order valence-electron chi connectivity index (χ1n) is 6.02. The first-order chi connectivity index (χ1) is 9.91. The predicted octanol–water partition coefficient (Wildman–Crippen LogP) is 1.12. The Bertz CT molecular complexity index is 714. The van der Waals surface area contributed by atoms with E-state index in [9.17, 15) is 13.2 Å². The zero-order chi connectivity index (χ0) is 15.9. The van der Waals surface area contributed by atoms with Crippen LogP contribution in [-0.2, 0) is 19.6 Å². The van der Waals surface area contributed by atoms with Gasteiger partial charge in [-0.05, 0) is 25.1 Å². The maximum absolute atomic E-state index is 11.8. The van der Waals surface area contributed by atoms with Gasteiger partial charge in [0.05, 0.1) is 29.9 Å². The van der Waals surface area contributed by atoms with E-state index in [1.165, 1.54) is 18.2 Å². The zero-order valence-corrected chi connectivity index (χ0v) is 12.1. The molecule has 0 saturated carbocycles. The van der Waals surface area contributed by atoms with Crippen LogP contribution in [0.15, 0.2) is 18.2 Å². The summed E-state index contributed by atoms with van der Waals surface area (Å²) in [4.78, 5) is 11.1. The lowest BCUT2D eigenvalue weighted by Gasteiger charge is -2.08. The second-order valence-electron chi connectivity index (χ2n) is 3.96. The lowest BCUT2D eigenvalue weighted by molar-refractivity contribution is -0.142. The van der Waals surface area contributed by atoms with Crippen LogP contribution in [0, 0.1) is 22.7 Å². The molecule has 1 rings (SSSR count). The number of hydrogen-bond donors (Lipinski definition) is 1. The van der Waals surface area contributed by atoms with E-state index in [2.05, 4.69) is 9.46 Å². The van der Waals surface area contributed by atoms with Gasteiger partial charge in [-0.1, -0.05) is 0 Å².